The summed E-state index contributed by atoms with van der Waals surface area (Å²) < 4.78 is 5.58. The van der Waals surface area contributed by atoms with Crippen molar-refractivity contribution in [1.29, 1.82) is 0 Å². The Morgan fingerprint density at radius 1 is 0.926 bits per heavy atom. The topological polar surface area (TPSA) is 55.4 Å². The fourth-order valence-electron chi connectivity index (χ4n) is 3.82. The standard InChI is InChI=1S/C23H27NO3/c1-15-13-16(2)21(17(3)14-15)22(25)24-19-11-9-18(10-12-19)23(26)27-20-7-5-4-6-8-20/h9-14,20H,4-8H2,1-3H3,(H,24,25). The maximum absolute atomic E-state index is 12.6. The number of anilines is 1. The number of esters is 1. The van der Waals surface area contributed by atoms with Crippen LogP contribution in [0.15, 0.2) is 36.4 Å². The van der Waals surface area contributed by atoms with Crippen LogP contribution in [-0.2, 0) is 4.74 Å². The molecule has 4 nitrogen and oxygen atoms in total. The van der Waals surface area contributed by atoms with Gasteiger partial charge in [0.05, 0.1) is 5.56 Å². The molecule has 27 heavy (non-hydrogen) atoms. The molecule has 0 atom stereocenters. The number of carbonyl (C=O) groups is 2. The quantitative estimate of drug-likeness (QED) is 0.743. The van der Waals surface area contributed by atoms with Gasteiger partial charge in [-0.05, 0) is 81.8 Å². The number of benzene rings is 2. The van der Waals surface area contributed by atoms with Gasteiger partial charge < -0.3 is 10.1 Å². The molecule has 1 aliphatic carbocycles. The van der Waals surface area contributed by atoms with Crippen molar-refractivity contribution in [2.45, 2.75) is 59.0 Å². The molecule has 0 aliphatic heterocycles. The number of ether oxygens (including phenoxy) is 1. The Labute approximate surface area is 160 Å². The smallest absolute Gasteiger partial charge is 0.338 e. The van der Waals surface area contributed by atoms with Gasteiger partial charge in [-0.1, -0.05) is 24.1 Å². The van der Waals surface area contributed by atoms with Gasteiger partial charge in [0, 0.05) is 11.3 Å². The molecule has 2 aromatic rings. The number of amides is 1. The van der Waals surface area contributed by atoms with Crippen molar-refractivity contribution in [2.75, 3.05) is 5.32 Å². The van der Waals surface area contributed by atoms with E-state index in [0.29, 0.717) is 16.8 Å². The number of hydrogen-bond donors (Lipinski definition) is 1. The summed E-state index contributed by atoms with van der Waals surface area (Å²) in [7, 11) is 0. The van der Waals surface area contributed by atoms with Gasteiger partial charge in [0.1, 0.15) is 6.10 Å². The lowest BCUT2D eigenvalue weighted by atomic mass is 9.98. The lowest BCUT2D eigenvalue weighted by molar-refractivity contribution is 0.0211. The zero-order valence-electron chi connectivity index (χ0n) is 16.3. The molecule has 0 unspecified atom stereocenters. The second-order valence-electron chi connectivity index (χ2n) is 7.47. The molecular formula is C23H27NO3. The molecule has 1 fully saturated rings. The first-order valence-corrected chi connectivity index (χ1v) is 9.64. The highest BCUT2D eigenvalue weighted by Crippen LogP contribution is 2.22. The summed E-state index contributed by atoms with van der Waals surface area (Å²) >= 11 is 0. The Balaban J connectivity index is 1.65. The molecule has 3 rings (SSSR count). The summed E-state index contributed by atoms with van der Waals surface area (Å²) in [6, 6.07) is 10.9. The van der Waals surface area contributed by atoms with Crippen molar-refractivity contribution in [3.05, 3.63) is 64.2 Å². The molecule has 1 saturated carbocycles. The van der Waals surface area contributed by atoms with Crippen LogP contribution in [0.25, 0.3) is 0 Å². The highest BCUT2D eigenvalue weighted by atomic mass is 16.5. The van der Waals surface area contributed by atoms with Crippen LogP contribution in [0.2, 0.25) is 0 Å². The number of aryl methyl sites for hydroxylation is 3. The third kappa shape index (κ3) is 4.76. The minimum atomic E-state index is -0.287. The van der Waals surface area contributed by atoms with Crippen LogP contribution in [0.4, 0.5) is 5.69 Å². The van der Waals surface area contributed by atoms with Crippen molar-refractivity contribution < 1.29 is 14.3 Å². The van der Waals surface area contributed by atoms with Crippen LogP contribution < -0.4 is 5.32 Å². The number of carbonyl (C=O) groups excluding carboxylic acids is 2. The van der Waals surface area contributed by atoms with Gasteiger partial charge in [-0.25, -0.2) is 4.79 Å². The Morgan fingerprint density at radius 2 is 1.52 bits per heavy atom. The van der Waals surface area contributed by atoms with Crippen LogP contribution >= 0.6 is 0 Å². The number of nitrogens with one attached hydrogen (secondary N) is 1. The summed E-state index contributed by atoms with van der Waals surface area (Å²) in [6.07, 6.45) is 5.42. The zero-order chi connectivity index (χ0) is 19.4. The van der Waals surface area contributed by atoms with Gasteiger partial charge >= 0.3 is 5.97 Å². The van der Waals surface area contributed by atoms with E-state index in [-0.39, 0.29) is 18.0 Å². The summed E-state index contributed by atoms with van der Waals surface area (Å²) in [5.41, 5.74) is 4.92. The fraction of sp³-hybridized carbons (Fsp3) is 0.391. The van der Waals surface area contributed by atoms with Crippen molar-refractivity contribution >= 4 is 17.6 Å². The molecule has 0 heterocycles. The van der Waals surface area contributed by atoms with Crippen LogP contribution in [-0.4, -0.2) is 18.0 Å². The lowest BCUT2D eigenvalue weighted by Crippen LogP contribution is -2.21. The molecule has 2 aromatic carbocycles. The highest BCUT2D eigenvalue weighted by Gasteiger charge is 2.19. The molecule has 0 bridgehead atoms. The van der Waals surface area contributed by atoms with E-state index in [1.807, 2.05) is 32.9 Å². The molecule has 1 aliphatic rings. The van der Waals surface area contributed by atoms with Crippen molar-refractivity contribution in [1.82, 2.24) is 0 Å². The number of rotatable bonds is 4. The summed E-state index contributed by atoms with van der Waals surface area (Å²) in [5.74, 6) is -0.424. The van der Waals surface area contributed by atoms with E-state index in [4.69, 9.17) is 4.74 Å². The van der Waals surface area contributed by atoms with Gasteiger partial charge in [-0.15, -0.1) is 0 Å². The predicted octanol–water partition coefficient (Wildman–Crippen LogP) is 5.35. The van der Waals surface area contributed by atoms with Gasteiger partial charge in [-0.3, -0.25) is 4.79 Å². The third-order valence-corrected chi connectivity index (χ3v) is 5.11. The maximum Gasteiger partial charge on any atom is 0.338 e. The Kier molecular flexibility index (Phi) is 5.94. The molecule has 0 saturated heterocycles. The first-order valence-electron chi connectivity index (χ1n) is 9.64. The van der Waals surface area contributed by atoms with E-state index in [0.717, 1.165) is 42.4 Å². The minimum Gasteiger partial charge on any atom is -0.459 e. The SMILES string of the molecule is Cc1cc(C)c(C(=O)Nc2ccc(C(=O)OC3CCCCC3)cc2)c(C)c1. The molecule has 1 N–H and O–H groups in total. The molecule has 1 amide bonds. The highest BCUT2D eigenvalue weighted by molar-refractivity contribution is 6.06. The van der Waals surface area contributed by atoms with Crippen molar-refractivity contribution in [3.63, 3.8) is 0 Å². The molecule has 0 radical (unpaired) electrons. The third-order valence-electron chi connectivity index (χ3n) is 5.11. The van der Waals surface area contributed by atoms with E-state index < -0.39 is 0 Å². The summed E-state index contributed by atoms with van der Waals surface area (Å²) in [5, 5.41) is 2.92. The van der Waals surface area contributed by atoms with Gasteiger partial charge in [0.2, 0.25) is 0 Å². The Morgan fingerprint density at radius 3 is 2.11 bits per heavy atom. The van der Waals surface area contributed by atoms with Crippen molar-refractivity contribution in [2.24, 2.45) is 0 Å². The maximum atomic E-state index is 12.6. The first-order chi connectivity index (χ1) is 12.9. The van der Waals surface area contributed by atoms with E-state index in [1.165, 1.54) is 6.42 Å². The predicted molar refractivity (Wildman–Crippen MR) is 107 cm³/mol. The van der Waals surface area contributed by atoms with Gasteiger partial charge in [-0.2, -0.15) is 0 Å². The largest absolute Gasteiger partial charge is 0.459 e. The second kappa shape index (κ2) is 8.38. The molecular weight excluding hydrogens is 338 g/mol. The average Bonchev–Trinajstić information content (AvgIpc) is 2.62. The van der Waals surface area contributed by atoms with E-state index in [9.17, 15) is 9.59 Å². The van der Waals surface area contributed by atoms with Crippen LogP contribution in [0.5, 0.6) is 0 Å². The first kappa shape index (κ1) is 19.2. The zero-order valence-corrected chi connectivity index (χ0v) is 16.3. The monoisotopic (exact) mass is 365 g/mol. The van der Waals surface area contributed by atoms with Gasteiger partial charge in [0.25, 0.3) is 5.91 Å². The molecule has 0 spiro atoms. The van der Waals surface area contributed by atoms with Crippen LogP contribution in [0, 0.1) is 20.8 Å². The Hall–Kier alpha value is -2.62. The van der Waals surface area contributed by atoms with E-state index >= 15 is 0 Å². The molecule has 0 aromatic heterocycles. The van der Waals surface area contributed by atoms with Crippen molar-refractivity contribution in [3.8, 4) is 0 Å². The molecule has 4 heteroatoms. The van der Waals surface area contributed by atoms with E-state index in [1.54, 1.807) is 24.3 Å². The minimum absolute atomic E-state index is 0.0399. The summed E-state index contributed by atoms with van der Waals surface area (Å²) in [6.45, 7) is 5.91. The Bertz CT molecular complexity index is 810. The fourth-order valence-corrected chi connectivity index (χ4v) is 3.82. The van der Waals surface area contributed by atoms with Crippen LogP contribution in [0.1, 0.15) is 69.5 Å². The number of hydrogen-bond acceptors (Lipinski definition) is 3. The van der Waals surface area contributed by atoms with Crippen LogP contribution in [0.3, 0.4) is 0 Å². The van der Waals surface area contributed by atoms with E-state index in [2.05, 4.69) is 5.32 Å². The second-order valence-corrected chi connectivity index (χ2v) is 7.47. The van der Waals surface area contributed by atoms with Gasteiger partial charge in [0.15, 0.2) is 0 Å². The summed E-state index contributed by atoms with van der Waals surface area (Å²) in [4.78, 5) is 24.9. The average molecular weight is 365 g/mol. The normalized spacial score (nSPS) is 14.6. The lowest BCUT2D eigenvalue weighted by Gasteiger charge is -2.21. The molecule has 142 valence electrons.